The lowest BCUT2D eigenvalue weighted by molar-refractivity contribution is -0.139. The first kappa shape index (κ1) is 28.0. The first-order valence-electron chi connectivity index (χ1n) is 11.1. The second kappa shape index (κ2) is 13.0. The first-order chi connectivity index (χ1) is 16.1. The lowest BCUT2D eigenvalue weighted by atomic mass is 10.1. The summed E-state index contributed by atoms with van der Waals surface area (Å²) < 4.78 is 7.15. The van der Waals surface area contributed by atoms with Crippen molar-refractivity contribution in [2.75, 3.05) is 30.0 Å². The van der Waals surface area contributed by atoms with Gasteiger partial charge in [-0.3, -0.25) is 0 Å². The molecule has 2 rings (SSSR count). The summed E-state index contributed by atoms with van der Waals surface area (Å²) in [6.45, 7) is 6.32. The topological polar surface area (TPSA) is 121 Å². The number of nitrogens with zero attached hydrogens (tertiary/aromatic N) is 3. The van der Waals surface area contributed by atoms with E-state index in [1.54, 1.807) is 25.9 Å². The molecule has 4 N–H and O–H groups in total. The fourth-order valence-corrected chi connectivity index (χ4v) is 3.49. The molecule has 0 saturated heterocycles. The lowest BCUT2D eigenvalue weighted by Crippen LogP contribution is -2.49. The van der Waals surface area contributed by atoms with Gasteiger partial charge < -0.3 is 19.7 Å². The number of halogens is 2. The van der Waals surface area contributed by atoms with Gasteiger partial charge in [0.1, 0.15) is 17.5 Å². The van der Waals surface area contributed by atoms with Gasteiger partial charge in [0.05, 0.1) is 16.7 Å². The molecule has 0 bridgehead atoms. The van der Waals surface area contributed by atoms with Crippen molar-refractivity contribution in [1.82, 2.24) is 25.7 Å². The van der Waals surface area contributed by atoms with Crippen molar-refractivity contribution in [1.29, 1.82) is 0 Å². The van der Waals surface area contributed by atoms with Crippen LogP contribution in [0, 0.1) is 0 Å². The van der Waals surface area contributed by atoms with Gasteiger partial charge in [-0.1, -0.05) is 0 Å². The second-order valence-electron chi connectivity index (χ2n) is 8.72. The molecule has 190 valence electrons. The highest BCUT2D eigenvalue weighted by molar-refractivity contribution is 6.18. The Morgan fingerprint density at radius 2 is 1.85 bits per heavy atom. The van der Waals surface area contributed by atoms with Gasteiger partial charge >= 0.3 is 12.1 Å². The van der Waals surface area contributed by atoms with Crippen LogP contribution in [-0.2, 0) is 23.0 Å². The SMILES string of the molecule is Cn1c(CCC[C@H](NC(=O)OC(C)(C)C)C(=O)O)nc2cc(N(NCCCl)NCCCl)ccc21. The number of anilines is 1. The summed E-state index contributed by atoms with van der Waals surface area (Å²) in [4.78, 5) is 28.3. The molecule has 34 heavy (non-hydrogen) atoms. The number of amides is 1. The van der Waals surface area contributed by atoms with Gasteiger partial charge in [0, 0.05) is 38.3 Å². The molecular formula is C22H34Cl2N6O4. The molecule has 10 nitrogen and oxygen atoms in total. The number of imidazole rings is 1. The number of nitrogens with one attached hydrogen (secondary N) is 3. The van der Waals surface area contributed by atoms with E-state index in [0.29, 0.717) is 37.7 Å². The number of hydrazine groups is 2. The molecule has 0 fully saturated rings. The van der Waals surface area contributed by atoms with E-state index in [1.165, 1.54) is 0 Å². The van der Waals surface area contributed by atoms with Crippen LogP contribution in [0.2, 0.25) is 0 Å². The summed E-state index contributed by atoms with van der Waals surface area (Å²) in [6.07, 6.45) is 0.586. The summed E-state index contributed by atoms with van der Waals surface area (Å²) in [6, 6.07) is 4.85. The Morgan fingerprint density at radius 3 is 2.41 bits per heavy atom. The number of aliphatic carboxylic acids is 1. The van der Waals surface area contributed by atoms with E-state index in [4.69, 9.17) is 32.9 Å². The van der Waals surface area contributed by atoms with Gasteiger partial charge in [-0.2, -0.15) is 0 Å². The number of carboxylic acid groups (broad SMARTS) is 1. The van der Waals surface area contributed by atoms with Crippen LogP contribution < -0.4 is 21.3 Å². The van der Waals surface area contributed by atoms with E-state index in [0.717, 1.165) is 22.5 Å². The monoisotopic (exact) mass is 516 g/mol. The summed E-state index contributed by atoms with van der Waals surface area (Å²) in [7, 11) is 1.92. The molecule has 1 aromatic carbocycles. The molecule has 0 spiro atoms. The highest BCUT2D eigenvalue weighted by atomic mass is 35.5. The molecule has 2 aromatic rings. The number of hydrogen-bond donors (Lipinski definition) is 4. The fraction of sp³-hybridized carbons (Fsp3) is 0.591. The number of carbonyl (C=O) groups excluding carboxylic acids is 1. The van der Waals surface area contributed by atoms with Crippen molar-refractivity contribution in [3.05, 3.63) is 24.0 Å². The van der Waals surface area contributed by atoms with E-state index in [2.05, 4.69) is 16.2 Å². The zero-order valence-electron chi connectivity index (χ0n) is 20.0. The first-order valence-corrected chi connectivity index (χ1v) is 12.2. The number of fused-ring (bicyclic) bond motifs is 1. The highest BCUT2D eigenvalue weighted by Gasteiger charge is 2.24. The average molecular weight is 517 g/mol. The Hall–Kier alpha value is -2.27. The van der Waals surface area contributed by atoms with E-state index >= 15 is 0 Å². The number of hydrogen-bond acceptors (Lipinski definition) is 7. The van der Waals surface area contributed by atoms with Crippen LogP contribution in [0.3, 0.4) is 0 Å². The lowest BCUT2D eigenvalue weighted by Gasteiger charge is -2.25. The van der Waals surface area contributed by atoms with E-state index in [1.807, 2.05) is 29.8 Å². The van der Waals surface area contributed by atoms with Gasteiger partial charge in [0.25, 0.3) is 0 Å². The van der Waals surface area contributed by atoms with Crippen molar-refractivity contribution in [3.63, 3.8) is 0 Å². The van der Waals surface area contributed by atoms with Crippen molar-refractivity contribution >= 4 is 52.0 Å². The molecule has 0 aliphatic rings. The van der Waals surface area contributed by atoms with Crippen LogP contribution in [0.25, 0.3) is 11.0 Å². The molecule has 1 aromatic heterocycles. The van der Waals surface area contributed by atoms with Gasteiger partial charge in [-0.05, 0) is 51.8 Å². The number of alkyl carbamates (subject to hydrolysis) is 1. The molecule has 0 aliphatic carbocycles. The maximum Gasteiger partial charge on any atom is 0.408 e. The Labute approximate surface area is 209 Å². The van der Waals surface area contributed by atoms with Gasteiger partial charge in [0.2, 0.25) is 0 Å². The minimum absolute atomic E-state index is 0.251. The molecule has 0 radical (unpaired) electrons. The van der Waals surface area contributed by atoms with Crippen molar-refractivity contribution in [3.8, 4) is 0 Å². The Bertz CT molecular complexity index is 955. The highest BCUT2D eigenvalue weighted by Crippen LogP contribution is 2.22. The van der Waals surface area contributed by atoms with Crippen LogP contribution in [0.15, 0.2) is 18.2 Å². The van der Waals surface area contributed by atoms with E-state index in [9.17, 15) is 14.7 Å². The number of carbonyl (C=O) groups is 2. The molecule has 1 amide bonds. The van der Waals surface area contributed by atoms with Crippen LogP contribution in [-0.4, -0.2) is 63.2 Å². The quantitative estimate of drug-likeness (QED) is 0.236. The fourth-order valence-electron chi connectivity index (χ4n) is 3.32. The van der Waals surface area contributed by atoms with Crippen LogP contribution >= 0.6 is 23.2 Å². The van der Waals surface area contributed by atoms with Gasteiger partial charge in [-0.15, -0.1) is 23.2 Å². The number of benzene rings is 1. The summed E-state index contributed by atoms with van der Waals surface area (Å²) >= 11 is 11.6. The van der Waals surface area contributed by atoms with Crippen molar-refractivity contribution in [2.45, 2.75) is 51.7 Å². The normalized spacial score (nSPS) is 12.5. The average Bonchev–Trinajstić information content (AvgIpc) is 3.06. The largest absolute Gasteiger partial charge is 0.480 e. The maximum absolute atomic E-state index is 12.0. The van der Waals surface area contributed by atoms with Gasteiger partial charge in [-0.25, -0.2) is 30.5 Å². The molecule has 0 saturated carbocycles. The van der Waals surface area contributed by atoms with Crippen molar-refractivity contribution < 1.29 is 19.4 Å². The van der Waals surface area contributed by atoms with Gasteiger partial charge in [0.15, 0.2) is 0 Å². The van der Waals surface area contributed by atoms with E-state index < -0.39 is 23.7 Å². The standard InChI is InChI=1S/C22H34Cl2N6O4/c1-22(2,3)34-21(33)28-16(20(31)32)6-5-7-19-27-17-14-15(8-9-18(17)29(19)4)30(25-12-10-23)26-13-11-24/h8-9,14,16,25-26H,5-7,10-13H2,1-4H3,(H,28,33)(H,31,32)/t16-/m0/s1. The minimum atomic E-state index is -1.10. The number of aromatic nitrogens is 2. The number of aryl methyl sites for hydroxylation is 2. The van der Waals surface area contributed by atoms with Crippen LogP contribution in [0.5, 0.6) is 0 Å². The number of carboxylic acids is 1. The van der Waals surface area contributed by atoms with Crippen LogP contribution in [0.1, 0.15) is 39.4 Å². The number of rotatable bonds is 13. The molecular weight excluding hydrogens is 483 g/mol. The third-order valence-electron chi connectivity index (χ3n) is 4.83. The predicted octanol–water partition coefficient (Wildman–Crippen LogP) is 3.17. The summed E-state index contributed by atoms with van der Waals surface area (Å²) in [5.74, 6) is 0.627. The van der Waals surface area contributed by atoms with E-state index in [-0.39, 0.29) is 6.42 Å². The zero-order valence-corrected chi connectivity index (χ0v) is 21.5. The molecule has 1 atom stereocenters. The number of alkyl halides is 2. The second-order valence-corrected chi connectivity index (χ2v) is 9.47. The Balaban J connectivity index is 2.07. The van der Waals surface area contributed by atoms with Crippen molar-refractivity contribution in [2.24, 2.45) is 7.05 Å². The Kier molecular flexibility index (Phi) is 10.7. The molecule has 0 aliphatic heterocycles. The summed E-state index contributed by atoms with van der Waals surface area (Å²) in [5, 5.41) is 13.7. The Morgan fingerprint density at radius 1 is 1.21 bits per heavy atom. The molecule has 12 heteroatoms. The molecule has 1 heterocycles. The third-order valence-corrected chi connectivity index (χ3v) is 5.20. The zero-order chi connectivity index (χ0) is 25.3. The summed E-state index contributed by atoms with van der Waals surface area (Å²) in [5.41, 5.74) is 8.30. The minimum Gasteiger partial charge on any atom is -0.480 e. The molecule has 0 unspecified atom stereocenters. The van der Waals surface area contributed by atoms with Crippen LogP contribution in [0.4, 0.5) is 10.5 Å². The number of ether oxygens (including phenoxy) is 1. The maximum atomic E-state index is 12.0. The predicted molar refractivity (Wildman–Crippen MR) is 134 cm³/mol. The smallest absolute Gasteiger partial charge is 0.408 e. The third kappa shape index (κ3) is 8.50.